The molecule has 0 unspecified atom stereocenters. The van der Waals surface area contributed by atoms with Crippen LogP contribution in [0.3, 0.4) is 0 Å². The molecule has 1 rings (SSSR count). The van der Waals surface area contributed by atoms with Crippen LogP contribution in [0.5, 0.6) is 0 Å². The van der Waals surface area contributed by atoms with Crippen LogP contribution in [0.2, 0.25) is 84.9 Å². The van der Waals surface area contributed by atoms with Gasteiger partial charge in [-0.2, -0.15) is 0 Å². The van der Waals surface area contributed by atoms with Crippen molar-refractivity contribution >= 4 is 58.6 Å². The van der Waals surface area contributed by atoms with Gasteiger partial charge >= 0.3 is 231 Å². The Morgan fingerprint density at radius 2 is 1.14 bits per heavy atom. The molecule has 35 heavy (non-hydrogen) atoms. The summed E-state index contributed by atoms with van der Waals surface area (Å²) >= 11 is -3.60. The van der Waals surface area contributed by atoms with Gasteiger partial charge in [0.25, 0.3) is 0 Å². The molecule has 0 bridgehead atoms. The molecular formula is C27H57BN2Si4Sn. The predicted octanol–water partition coefficient (Wildman–Crippen LogP) is 9.01. The minimum absolute atomic E-state index is 0.478. The fraction of sp³-hybridized carbons (Fsp3) is 0.630. The molecular weight excluding hydrogens is 594 g/mol. The Labute approximate surface area is 229 Å². The fourth-order valence-corrected chi connectivity index (χ4v) is 85.2. The maximum atomic E-state index is 4.26. The molecule has 0 saturated heterocycles. The molecule has 0 aliphatic carbocycles. The van der Waals surface area contributed by atoms with E-state index >= 15 is 0 Å². The zero-order chi connectivity index (χ0) is 27.8. The molecule has 2 nitrogen and oxygen atoms in total. The summed E-state index contributed by atoms with van der Waals surface area (Å²) in [7, 11) is -6.77. The van der Waals surface area contributed by atoms with E-state index in [0.29, 0.717) is 6.71 Å². The Morgan fingerprint density at radius 3 is 1.43 bits per heavy atom. The normalized spacial score (nSPS) is 19.0. The second kappa shape index (κ2) is 11.6. The van der Waals surface area contributed by atoms with Crippen molar-refractivity contribution in [2.24, 2.45) is 0 Å². The van der Waals surface area contributed by atoms with Gasteiger partial charge in [-0.15, -0.1) is 0 Å². The molecule has 0 aromatic rings. The van der Waals surface area contributed by atoms with Crippen LogP contribution in [0.1, 0.15) is 26.7 Å². The van der Waals surface area contributed by atoms with Crippen molar-refractivity contribution in [3.63, 3.8) is 0 Å². The third-order valence-electron chi connectivity index (χ3n) is 7.16. The van der Waals surface area contributed by atoms with Gasteiger partial charge in [0.05, 0.1) is 0 Å². The minimum atomic E-state index is -3.60. The first-order chi connectivity index (χ1) is 15.6. The van der Waals surface area contributed by atoms with Crippen molar-refractivity contribution < 1.29 is 0 Å². The Morgan fingerprint density at radius 1 is 0.743 bits per heavy atom. The van der Waals surface area contributed by atoms with Gasteiger partial charge in [-0.3, -0.25) is 0 Å². The number of hydrogen-bond acceptors (Lipinski definition) is 2. The average Bonchev–Trinajstić information content (AvgIpc) is 2.80. The topological polar surface area (TPSA) is 6.48 Å². The first-order valence-corrected chi connectivity index (χ1v) is 32.7. The monoisotopic (exact) mass is 652 g/mol. The van der Waals surface area contributed by atoms with E-state index in [1.807, 2.05) is 3.49 Å². The van der Waals surface area contributed by atoms with E-state index in [1.54, 1.807) is 14.6 Å². The number of nitrogens with zero attached hydrogens (tertiary/aromatic N) is 2. The zero-order valence-corrected chi connectivity index (χ0v) is 32.8. The number of rotatable bonds is 12. The molecule has 0 amide bonds. The average molecular weight is 652 g/mol. The fourth-order valence-electron chi connectivity index (χ4n) is 7.53. The molecule has 0 atom stereocenters. The SMILES string of the molecule is C=CCB1C(CC=C)=[C](C)[Sn]([N]([Si](C)(C)C)[Si](C)(C)C)([N]([Si](C)(C)C)[Si](C)(C)C)/[C]1=C(\C)CC=C. The summed E-state index contributed by atoms with van der Waals surface area (Å²) in [6, 6.07) is 0. The Kier molecular flexibility index (Phi) is 11.1. The first kappa shape index (κ1) is 33.4. The van der Waals surface area contributed by atoms with Crippen LogP contribution in [-0.2, 0) is 0 Å². The Bertz CT molecular complexity index is 823. The summed E-state index contributed by atoms with van der Waals surface area (Å²) in [6.07, 6.45) is 9.53. The second-order valence-electron chi connectivity index (χ2n) is 14.4. The maximum absolute atomic E-state index is 4.26. The Hall–Kier alpha value is 0.351. The predicted molar refractivity (Wildman–Crippen MR) is 179 cm³/mol. The van der Waals surface area contributed by atoms with Crippen molar-refractivity contribution in [2.45, 2.75) is 112 Å². The molecule has 0 saturated carbocycles. The van der Waals surface area contributed by atoms with E-state index in [0.717, 1.165) is 19.2 Å². The van der Waals surface area contributed by atoms with Gasteiger partial charge in [0.1, 0.15) is 0 Å². The molecule has 198 valence electrons. The molecule has 0 N–H and O–H groups in total. The first-order valence-electron chi connectivity index (χ1n) is 13.5. The van der Waals surface area contributed by atoms with E-state index in [4.69, 9.17) is 0 Å². The van der Waals surface area contributed by atoms with Crippen molar-refractivity contribution in [3.8, 4) is 0 Å². The van der Waals surface area contributed by atoms with Crippen molar-refractivity contribution in [3.05, 3.63) is 56.1 Å². The van der Waals surface area contributed by atoms with Gasteiger partial charge in [0.15, 0.2) is 0 Å². The van der Waals surface area contributed by atoms with Gasteiger partial charge < -0.3 is 0 Å². The molecule has 0 spiro atoms. The second-order valence-corrected chi connectivity index (χ2v) is 49.7. The molecule has 1 aliphatic heterocycles. The summed E-state index contributed by atoms with van der Waals surface area (Å²) in [6.45, 7) is 49.8. The van der Waals surface area contributed by atoms with Crippen LogP contribution in [0.4, 0.5) is 0 Å². The zero-order valence-electron chi connectivity index (χ0n) is 25.9. The van der Waals surface area contributed by atoms with Gasteiger partial charge in [-0.25, -0.2) is 0 Å². The van der Waals surface area contributed by atoms with E-state index in [9.17, 15) is 0 Å². The molecule has 1 aliphatic rings. The summed E-state index contributed by atoms with van der Waals surface area (Å²) < 4.78 is 10.4. The van der Waals surface area contributed by atoms with E-state index in [1.165, 1.54) is 0 Å². The Balaban J connectivity index is 4.67. The summed E-state index contributed by atoms with van der Waals surface area (Å²) in [4.78, 5) is 0. The molecule has 0 radical (unpaired) electrons. The van der Waals surface area contributed by atoms with Crippen molar-refractivity contribution in [1.29, 1.82) is 0 Å². The van der Waals surface area contributed by atoms with Crippen LogP contribution in [0, 0.1) is 0 Å². The third-order valence-corrected chi connectivity index (χ3v) is 64.2. The summed E-state index contributed by atoms with van der Waals surface area (Å²) in [5.74, 6) is 0. The number of allylic oxidation sites excluding steroid dienone is 6. The van der Waals surface area contributed by atoms with Crippen LogP contribution in [0.15, 0.2) is 56.1 Å². The van der Waals surface area contributed by atoms with Crippen LogP contribution in [-0.4, -0.2) is 63.5 Å². The summed E-state index contributed by atoms with van der Waals surface area (Å²) in [5.41, 5.74) is 3.28. The molecule has 0 aromatic carbocycles. The quantitative estimate of drug-likeness (QED) is 0.154. The van der Waals surface area contributed by atoms with E-state index < -0.39 is 51.9 Å². The van der Waals surface area contributed by atoms with Crippen LogP contribution >= 0.6 is 0 Å². The molecule has 8 heteroatoms. The van der Waals surface area contributed by atoms with Crippen molar-refractivity contribution in [1.82, 2.24) is 4.91 Å². The van der Waals surface area contributed by atoms with E-state index in [-0.39, 0.29) is 0 Å². The van der Waals surface area contributed by atoms with Gasteiger partial charge in [0, 0.05) is 0 Å². The molecule has 1 heterocycles. The van der Waals surface area contributed by atoms with Crippen LogP contribution in [0.25, 0.3) is 0 Å². The summed E-state index contributed by atoms with van der Waals surface area (Å²) in [5, 5.41) is 0. The van der Waals surface area contributed by atoms with Gasteiger partial charge in [-0.05, 0) is 0 Å². The number of hydrogen-bond donors (Lipinski definition) is 0. The van der Waals surface area contributed by atoms with Gasteiger partial charge in [-0.1, -0.05) is 0 Å². The third kappa shape index (κ3) is 6.68. The standard InChI is InChI=1S/C15H21B.2C6H18NSi2.Sn/c1-6-10-14(5)13-16(12-8-3)15(9-4)11-7-2;2*1-8(2,3)7-9(4,5)6;/h6-8H,1-3,10-12H2,4-5H3;2*1-6H3;/q;2*-1;+2. The van der Waals surface area contributed by atoms with Gasteiger partial charge in [0.2, 0.25) is 0 Å². The van der Waals surface area contributed by atoms with Crippen molar-refractivity contribution in [2.75, 3.05) is 0 Å². The van der Waals surface area contributed by atoms with Crippen LogP contribution < -0.4 is 0 Å². The molecule has 0 aromatic heterocycles. The molecule has 0 fully saturated rings. The van der Waals surface area contributed by atoms with E-state index in [2.05, 4.69) is 135 Å².